The maximum Gasteiger partial charge on any atom is 0.226 e. The summed E-state index contributed by atoms with van der Waals surface area (Å²) in [6, 6.07) is 14.8. The van der Waals surface area contributed by atoms with Gasteiger partial charge in [-0.05, 0) is 31.2 Å². The van der Waals surface area contributed by atoms with Crippen LogP contribution in [0.1, 0.15) is 18.9 Å². The molecular weight excluding hydrogens is 304 g/mol. The monoisotopic (exact) mass is 326 g/mol. The van der Waals surface area contributed by atoms with Crippen LogP contribution in [0.25, 0.3) is 0 Å². The van der Waals surface area contributed by atoms with Gasteiger partial charge in [0.25, 0.3) is 0 Å². The van der Waals surface area contributed by atoms with Crippen LogP contribution in [0.5, 0.6) is 5.75 Å². The van der Waals surface area contributed by atoms with Crippen molar-refractivity contribution in [2.24, 2.45) is 0 Å². The molecule has 0 unspecified atom stereocenters. The lowest BCUT2D eigenvalue weighted by molar-refractivity contribution is -0.117. The van der Waals surface area contributed by atoms with Crippen molar-refractivity contribution in [3.63, 3.8) is 0 Å². The van der Waals surface area contributed by atoms with Crippen molar-refractivity contribution in [3.05, 3.63) is 54.1 Å². The normalized spacial score (nSPS) is 10.1. The predicted molar refractivity (Wildman–Crippen MR) is 95.4 cm³/mol. The van der Waals surface area contributed by atoms with Crippen LogP contribution in [-0.2, 0) is 9.59 Å². The molecule has 2 aromatic carbocycles. The molecule has 24 heavy (non-hydrogen) atoms. The summed E-state index contributed by atoms with van der Waals surface area (Å²) in [5, 5.41) is 2.84. The molecule has 0 saturated heterocycles. The van der Waals surface area contributed by atoms with Crippen LogP contribution in [0.15, 0.2) is 48.5 Å². The fraction of sp³-hybridized carbons (Fsp3) is 0.263. The van der Waals surface area contributed by atoms with Crippen molar-refractivity contribution >= 4 is 23.2 Å². The summed E-state index contributed by atoms with van der Waals surface area (Å²) in [5.74, 6) is 0.419. The van der Waals surface area contributed by atoms with Crippen molar-refractivity contribution < 1.29 is 14.3 Å². The van der Waals surface area contributed by atoms with E-state index in [9.17, 15) is 9.59 Å². The number of hydrogen-bond acceptors (Lipinski definition) is 3. The molecule has 0 aliphatic heterocycles. The molecule has 2 rings (SSSR count). The Bertz CT molecular complexity index is 711. The minimum Gasteiger partial charge on any atom is -0.497 e. The molecule has 126 valence electrons. The number of nitrogens with zero attached hydrogens (tertiary/aromatic N) is 1. The number of ether oxygens (including phenoxy) is 1. The van der Waals surface area contributed by atoms with E-state index in [0.29, 0.717) is 18.0 Å². The summed E-state index contributed by atoms with van der Waals surface area (Å²) in [5.41, 5.74) is 2.60. The lowest BCUT2D eigenvalue weighted by Gasteiger charge is -2.21. The molecule has 0 saturated carbocycles. The fourth-order valence-electron chi connectivity index (χ4n) is 2.32. The van der Waals surface area contributed by atoms with Gasteiger partial charge in [0.2, 0.25) is 11.8 Å². The third kappa shape index (κ3) is 4.84. The summed E-state index contributed by atoms with van der Waals surface area (Å²) in [7, 11) is 1.58. The van der Waals surface area contributed by atoms with Gasteiger partial charge in [0.1, 0.15) is 5.75 Å². The minimum absolute atomic E-state index is 0.119. The van der Waals surface area contributed by atoms with Gasteiger partial charge in [0.15, 0.2) is 0 Å². The van der Waals surface area contributed by atoms with E-state index < -0.39 is 0 Å². The summed E-state index contributed by atoms with van der Waals surface area (Å²) >= 11 is 0. The average molecular weight is 326 g/mol. The van der Waals surface area contributed by atoms with Gasteiger partial charge >= 0.3 is 0 Å². The Balaban J connectivity index is 1.99. The lowest BCUT2D eigenvalue weighted by atomic mass is 10.2. The molecule has 2 aromatic rings. The number of aryl methyl sites for hydroxylation is 1. The number of nitrogens with one attached hydrogen (secondary N) is 1. The molecule has 5 nitrogen and oxygen atoms in total. The van der Waals surface area contributed by atoms with Gasteiger partial charge in [-0.3, -0.25) is 9.59 Å². The third-order valence-electron chi connectivity index (χ3n) is 3.64. The highest BCUT2D eigenvalue weighted by atomic mass is 16.5. The Kier molecular flexibility index (Phi) is 5.95. The number of hydrogen-bond donors (Lipinski definition) is 1. The average Bonchev–Trinajstić information content (AvgIpc) is 2.57. The molecule has 5 heteroatoms. The molecule has 1 N–H and O–H groups in total. The van der Waals surface area contributed by atoms with Crippen molar-refractivity contribution in [2.75, 3.05) is 23.9 Å². The second-order valence-electron chi connectivity index (χ2n) is 5.54. The van der Waals surface area contributed by atoms with E-state index in [1.807, 2.05) is 49.4 Å². The number of amides is 2. The fourth-order valence-corrected chi connectivity index (χ4v) is 2.32. The van der Waals surface area contributed by atoms with Crippen LogP contribution in [0, 0.1) is 6.92 Å². The van der Waals surface area contributed by atoms with Gasteiger partial charge in [-0.1, -0.05) is 23.8 Å². The zero-order valence-electron chi connectivity index (χ0n) is 14.2. The Labute approximate surface area is 142 Å². The Morgan fingerprint density at radius 3 is 2.46 bits per heavy atom. The van der Waals surface area contributed by atoms with Crippen molar-refractivity contribution in [3.8, 4) is 5.75 Å². The zero-order valence-corrected chi connectivity index (χ0v) is 14.2. The summed E-state index contributed by atoms with van der Waals surface area (Å²) < 4.78 is 5.18. The highest BCUT2D eigenvalue weighted by Gasteiger charge is 2.14. The predicted octanol–water partition coefficient (Wildman–Crippen LogP) is 3.39. The van der Waals surface area contributed by atoms with E-state index in [1.165, 1.54) is 6.92 Å². The van der Waals surface area contributed by atoms with Crippen molar-refractivity contribution in [1.29, 1.82) is 0 Å². The maximum absolute atomic E-state index is 12.1. The first-order chi connectivity index (χ1) is 11.5. The Morgan fingerprint density at radius 2 is 1.83 bits per heavy atom. The van der Waals surface area contributed by atoms with Crippen LogP contribution in [0.4, 0.5) is 11.4 Å². The smallest absolute Gasteiger partial charge is 0.226 e. The van der Waals surface area contributed by atoms with E-state index in [1.54, 1.807) is 18.1 Å². The standard InChI is InChI=1S/C19H22N2O3/c1-14-7-9-16(10-8-14)20-19(23)11-12-21(15(2)22)17-5-4-6-18(13-17)24-3/h4-10,13H,11-12H2,1-3H3,(H,20,23). The number of carbonyl (C=O) groups excluding carboxylic acids is 2. The van der Waals surface area contributed by atoms with E-state index >= 15 is 0 Å². The molecule has 0 bridgehead atoms. The van der Waals surface area contributed by atoms with Gasteiger partial charge in [-0.15, -0.1) is 0 Å². The minimum atomic E-state index is -0.131. The Hall–Kier alpha value is -2.82. The van der Waals surface area contributed by atoms with Gasteiger partial charge < -0.3 is 15.0 Å². The lowest BCUT2D eigenvalue weighted by Crippen LogP contribution is -2.31. The van der Waals surface area contributed by atoms with E-state index in [-0.39, 0.29) is 18.2 Å². The van der Waals surface area contributed by atoms with E-state index in [2.05, 4.69) is 5.32 Å². The Morgan fingerprint density at radius 1 is 1.12 bits per heavy atom. The third-order valence-corrected chi connectivity index (χ3v) is 3.64. The second-order valence-corrected chi connectivity index (χ2v) is 5.54. The van der Waals surface area contributed by atoms with Crippen molar-refractivity contribution in [2.45, 2.75) is 20.3 Å². The summed E-state index contributed by atoms with van der Waals surface area (Å²) in [6.45, 7) is 3.78. The summed E-state index contributed by atoms with van der Waals surface area (Å²) in [4.78, 5) is 25.6. The van der Waals surface area contributed by atoms with Crippen LogP contribution in [0.2, 0.25) is 0 Å². The quantitative estimate of drug-likeness (QED) is 0.885. The SMILES string of the molecule is COc1cccc(N(CCC(=O)Nc2ccc(C)cc2)C(C)=O)c1. The molecule has 2 amide bonds. The highest BCUT2D eigenvalue weighted by molar-refractivity contribution is 5.94. The van der Waals surface area contributed by atoms with E-state index in [0.717, 1.165) is 11.3 Å². The number of methoxy groups -OCH3 is 1. The van der Waals surface area contributed by atoms with E-state index in [4.69, 9.17) is 4.74 Å². The van der Waals surface area contributed by atoms with Crippen LogP contribution in [-0.4, -0.2) is 25.5 Å². The molecule has 0 radical (unpaired) electrons. The first kappa shape index (κ1) is 17.5. The van der Waals surface area contributed by atoms with Gasteiger partial charge in [0.05, 0.1) is 7.11 Å². The largest absolute Gasteiger partial charge is 0.497 e. The molecule has 0 atom stereocenters. The van der Waals surface area contributed by atoms with Gasteiger partial charge in [-0.25, -0.2) is 0 Å². The molecule has 0 spiro atoms. The van der Waals surface area contributed by atoms with Crippen LogP contribution in [0.3, 0.4) is 0 Å². The zero-order chi connectivity index (χ0) is 17.5. The van der Waals surface area contributed by atoms with Crippen LogP contribution >= 0.6 is 0 Å². The highest BCUT2D eigenvalue weighted by Crippen LogP contribution is 2.21. The first-order valence-corrected chi connectivity index (χ1v) is 7.78. The van der Waals surface area contributed by atoms with Gasteiger partial charge in [0, 0.05) is 37.3 Å². The maximum atomic E-state index is 12.1. The second kappa shape index (κ2) is 8.15. The molecule has 0 aromatic heterocycles. The molecular formula is C19H22N2O3. The molecule has 0 aliphatic carbocycles. The van der Waals surface area contributed by atoms with Crippen molar-refractivity contribution in [1.82, 2.24) is 0 Å². The number of carbonyl (C=O) groups is 2. The van der Waals surface area contributed by atoms with Crippen LogP contribution < -0.4 is 15.0 Å². The van der Waals surface area contributed by atoms with Gasteiger partial charge in [-0.2, -0.15) is 0 Å². The number of rotatable bonds is 6. The summed E-state index contributed by atoms with van der Waals surface area (Å²) in [6.07, 6.45) is 0.213. The topological polar surface area (TPSA) is 58.6 Å². The number of benzene rings is 2. The molecule has 0 heterocycles. The number of anilines is 2. The molecule has 0 fully saturated rings. The first-order valence-electron chi connectivity index (χ1n) is 7.78. The molecule has 0 aliphatic rings.